The van der Waals surface area contributed by atoms with Crippen molar-refractivity contribution < 1.29 is 9.59 Å². The number of carbonyl (C=O) groups excluding carboxylic acids is 2. The van der Waals surface area contributed by atoms with Crippen LogP contribution in [0.1, 0.15) is 27.4 Å². The molecule has 1 aromatic carbocycles. The van der Waals surface area contributed by atoms with Gasteiger partial charge in [-0.3, -0.25) is 9.59 Å². The predicted molar refractivity (Wildman–Crippen MR) is 119 cm³/mol. The molecule has 0 radical (unpaired) electrons. The maximum absolute atomic E-state index is 12.7. The van der Waals surface area contributed by atoms with Gasteiger partial charge >= 0.3 is 0 Å². The van der Waals surface area contributed by atoms with E-state index in [9.17, 15) is 9.59 Å². The third-order valence-electron chi connectivity index (χ3n) is 5.03. The first-order valence-electron chi connectivity index (χ1n) is 9.38. The second kappa shape index (κ2) is 8.65. The molecule has 0 unspecified atom stereocenters. The lowest BCUT2D eigenvalue weighted by molar-refractivity contribution is -0.121. The Hall–Kier alpha value is -2.22. The van der Waals surface area contributed by atoms with Crippen LogP contribution in [-0.2, 0) is 4.79 Å². The molecule has 0 spiro atoms. The summed E-state index contributed by atoms with van der Waals surface area (Å²) in [5, 5.41) is 6.16. The van der Waals surface area contributed by atoms with Crippen LogP contribution >= 0.6 is 34.3 Å². The minimum atomic E-state index is -0.106. The van der Waals surface area contributed by atoms with E-state index in [1.54, 1.807) is 0 Å². The molecule has 0 aliphatic carbocycles. The Labute approximate surface area is 182 Å². The topological polar surface area (TPSA) is 62.3 Å². The largest absolute Gasteiger partial charge is 0.338 e. The molecule has 2 aromatic heterocycles. The molecule has 5 nitrogen and oxygen atoms in total. The number of benzene rings is 1. The fraction of sp³-hybridized carbons (Fsp3) is 0.286. The van der Waals surface area contributed by atoms with Gasteiger partial charge in [0.1, 0.15) is 0 Å². The van der Waals surface area contributed by atoms with Gasteiger partial charge in [0.2, 0.25) is 5.91 Å². The Morgan fingerprint density at radius 1 is 1.17 bits per heavy atom. The standard InChI is InChI=1S/C21H20ClN3O2S2/c1-13-18(14-4-6-16(22)7-5-14)23-21(29-13)24-19(26)15-8-10-25(11-9-15)20(27)17-3-2-12-28-17/h2-7,12,15H,8-11H2,1H3,(H,23,24,26). The highest BCUT2D eigenvalue weighted by Crippen LogP contribution is 2.32. The lowest BCUT2D eigenvalue weighted by Gasteiger charge is -2.30. The second-order valence-electron chi connectivity index (χ2n) is 6.96. The average molecular weight is 446 g/mol. The first-order chi connectivity index (χ1) is 14.0. The number of thiophene rings is 1. The molecule has 4 rings (SSSR count). The highest BCUT2D eigenvalue weighted by molar-refractivity contribution is 7.16. The lowest BCUT2D eigenvalue weighted by atomic mass is 9.96. The fourth-order valence-corrected chi connectivity index (χ4v) is 5.09. The molecule has 1 fully saturated rings. The number of piperidine rings is 1. The minimum Gasteiger partial charge on any atom is -0.338 e. The van der Waals surface area contributed by atoms with Crippen LogP contribution in [0.3, 0.4) is 0 Å². The summed E-state index contributed by atoms with van der Waals surface area (Å²) in [6, 6.07) is 11.2. The molecule has 1 saturated heterocycles. The van der Waals surface area contributed by atoms with Crippen LogP contribution in [0.4, 0.5) is 5.13 Å². The number of anilines is 1. The molecular weight excluding hydrogens is 426 g/mol. The molecule has 0 atom stereocenters. The molecule has 0 bridgehead atoms. The zero-order valence-electron chi connectivity index (χ0n) is 15.9. The van der Waals surface area contributed by atoms with Crippen molar-refractivity contribution in [3.05, 3.63) is 56.6 Å². The van der Waals surface area contributed by atoms with E-state index in [0.29, 0.717) is 36.1 Å². The Morgan fingerprint density at radius 3 is 2.55 bits per heavy atom. The number of nitrogens with one attached hydrogen (secondary N) is 1. The SMILES string of the molecule is Cc1sc(NC(=O)C2CCN(C(=O)c3cccs3)CC2)nc1-c1ccc(Cl)cc1. The monoisotopic (exact) mass is 445 g/mol. The molecule has 1 aliphatic heterocycles. The molecular formula is C21H20ClN3O2S2. The maximum Gasteiger partial charge on any atom is 0.263 e. The highest BCUT2D eigenvalue weighted by Gasteiger charge is 2.28. The van der Waals surface area contributed by atoms with E-state index in [-0.39, 0.29) is 17.7 Å². The van der Waals surface area contributed by atoms with E-state index in [1.807, 2.05) is 53.6 Å². The number of carbonyl (C=O) groups is 2. The highest BCUT2D eigenvalue weighted by atomic mass is 35.5. The molecule has 8 heteroatoms. The number of hydrogen-bond donors (Lipinski definition) is 1. The van der Waals surface area contributed by atoms with Crippen LogP contribution in [0.25, 0.3) is 11.3 Å². The predicted octanol–water partition coefficient (Wildman–Crippen LogP) is 5.32. The van der Waals surface area contributed by atoms with Gasteiger partial charge in [0.05, 0.1) is 10.6 Å². The van der Waals surface area contributed by atoms with E-state index in [0.717, 1.165) is 21.0 Å². The summed E-state index contributed by atoms with van der Waals surface area (Å²) >= 11 is 8.88. The number of thiazole rings is 1. The van der Waals surface area contributed by atoms with Gasteiger partial charge in [-0.15, -0.1) is 22.7 Å². The van der Waals surface area contributed by atoms with E-state index in [2.05, 4.69) is 10.3 Å². The van der Waals surface area contributed by atoms with E-state index in [4.69, 9.17) is 11.6 Å². The molecule has 2 amide bonds. The number of aromatic nitrogens is 1. The number of hydrogen-bond acceptors (Lipinski definition) is 5. The van der Waals surface area contributed by atoms with Crippen molar-refractivity contribution in [2.75, 3.05) is 18.4 Å². The van der Waals surface area contributed by atoms with Crippen molar-refractivity contribution >= 4 is 51.2 Å². The number of amides is 2. The number of aryl methyl sites for hydroxylation is 1. The molecule has 3 aromatic rings. The van der Waals surface area contributed by atoms with Crippen LogP contribution < -0.4 is 5.32 Å². The van der Waals surface area contributed by atoms with Gasteiger partial charge in [-0.25, -0.2) is 4.98 Å². The van der Waals surface area contributed by atoms with Crippen molar-refractivity contribution in [1.29, 1.82) is 0 Å². The van der Waals surface area contributed by atoms with Crippen LogP contribution in [0.15, 0.2) is 41.8 Å². The number of halogens is 1. The molecule has 1 N–H and O–H groups in total. The quantitative estimate of drug-likeness (QED) is 0.590. The third kappa shape index (κ3) is 4.52. The second-order valence-corrected chi connectivity index (χ2v) is 9.55. The zero-order valence-corrected chi connectivity index (χ0v) is 18.2. The summed E-state index contributed by atoms with van der Waals surface area (Å²) in [4.78, 5) is 33.4. The summed E-state index contributed by atoms with van der Waals surface area (Å²) in [6.45, 7) is 3.19. The first kappa shape index (κ1) is 20.1. The Bertz CT molecular complexity index is 1010. The minimum absolute atomic E-state index is 0.0235. The van der Waals surface area contributed by atoms with Crippen LogP contribution in [0.2, 0.25) is 5.02 Å². The van der Waals surface area contributed by atoms with Gasteiger partial charge in [0.25, 0.3) is 5.91 Å². The van der Waals surface area contributed by atoms with E-state index >= 15 is 0 Å². The van der Waals surface area contributed by atoms with E-state index in [1.165, 1.54) is 22.7 Å². The zero-order chi connectivity index (χ0) is 20.4. The summed E-state index contributed by atoms with van der Waals surface area (Å²) in [5.41, 5.74) is 1.84. The Kier molecular flexibility index (Phi) is 5.99. The Morgan fingerprint density at radius 2 is 1.90 bits per heavy atom. The van der Waals surface area contributed by atoms with Crippen molar-refractivity contribution in [3.8, 4) is 11.3 Å². The fourth-order valence-electron chi connectivity index (χ4n) is 3.43. The summed E-state index contributed by atoms with van der Waals surface area (Å²) in [5.74, 6) is -0.0720. The number of likely N-dealkylation sites (tertiary alicyclic amines) is 1. The molecule has 0 saturated carbocycles. The Balaban J connectivity index is 1.36. The normalized spacial score (nSPS) is 14.8. The number of nitrogens with zero attached hydrogens (tertiary/aromatic N) is 2. The third-order valence-corrected chi connectivity index (χ3v) is 7.03. The first-order valence-corrected chi connectivity index (χ1v) is 11.5. The lowest BCUT2D eigenvalue weighted by Crippen LogP contribution is -2.41. The van der Waals surface area contributed by atoms with Gasteiger partial charge < -0.3 is 10.2 Å². The molecule has 150 valence electrons. The van der Waals surface area contributed by atoms with Crippen molar-refractivity contribution in [2.45, 2.75) is 19.8 Å². The van der Waals surface area contributed by atoms with Crippen LogP contribution in [0, 0.1) is 12.8 Å². The van der Waals surface area contributed by atoms with Gasteiger partial charge in [-0.1, -0.05) is 29.8 Å². The smallest absolute Gasteiger partial charge is 0.263 e. The van der Waals surface area contributed by atoms with Gasteiger partial charge in [0.15, 0.2) is 5.13 Å². The number of rotatable bonds is 4. The molecule has 29 heavy (non-hydrogen) atoms. The summed E-state index contributed by atoms with van der Waals surface area (Å²) in [7, 11) is 0. The van der Waals surface area contributed by atoms with E-state index < -0.39 is 0 Å². The van der Waals surface area contributed by atoms with Gasteiger partial charge in [-0.05, 0) is 43.3 Å². The maximum atomic E-state index is 12.7. The van der Waals surface area contributed by atoms with Gasteiger partial charge in [-0.2, -0.15) is 0 Å². The van der Waals surface area contributed by atoms with Crippen LogP contribution in [-0.4, -0.2) is 34.8 Å². The van der Waals surface area contributed by atoms with Crippen molar-refractivity contribution in [2.24, 2.45) is 5.92 Å². The summed E-state index contributed by atoms with van der Waals surface area (Å²) < 4.78 is 0. The molecule has 3 heterocycles. The summed E-state index contributed by atoms with van der Waals surface area (Å²) in [6.07, 6.45) is 1.33. The van der Waals surface area contributed by atoms with Crippen molar-refractivity contribution in [1.82, 2.24) is 9.88 Å². The van der Waals surface area contributed by atoms with Gasteiger partial charge in [0, 0.05) is 34.5 Å². The molecule has 1 aliphatic rings. The van der Waals surface area contributed by atoms with Crippen LogP contribution in [0.5, 0.6) is 0 Å². The average Bonchev–Trinajstić information content (AvgIpc) is 3.38. The van der Waals surface area contributed by atoms with Crippen molar-refractivity contribution in [3.63, 3.8) is 0 Å².